The molecular formula is C15H29N3O2. The Labute approximate surface area is 122 Å². The van der Waals surface area contributed by atoms with Crippen LogP contribution in [-0.4, -0.2) is 43.9 Å². The first-order valence-electron chi connectivity index (χ1n) is 7.86. The number of hydrogen-bond acceptors (Lipinski definition) is 4. The Balaban J connectivity index is 1.91. The maximum absolute atomic E-state index is 12.0. The van der Waals surface area contributed by atoms with Crippen LogP contribution in [0, 0.1) is 11.8 Å². The number of alkyl carbamates (subject to hydrolysis) is 1. The average molecular weight is 283 g/mol. The van der Waals surface area contributed by atoms with Crippen LogP contribution < -0.4 is 16.0 Å². The summed E-state index contributed by atoms with van der Waals surface area (Å²) in [6.45, 7) is 9.82. The van der Waals surface area contributed by atoms with Gasteiger partial charge in [0.1, 0.15) is 5.60 Å². The highest BCUT2D eigenvalue weighted by molar-refractivity contribution is 5.68. The molecule has 1 amide bonds. The zero-order valence-electron chi connectivity index (χ0n) is 13.0. The molecule has 0 aromatic rings. The third-order valence-corrected chi connectivity index (χ3v) is 4.23. The molecule has 2 atom stereocenters. The monoisotopic (exact) mass is 283 g/mol. The van der Waals surface area contributed by atoms with E-state index in [1.165, 1.54) is 12.8 Å². The first-order chi connectivity index (χ1) is 9.46. The van der Waals surface area contributed by atoms with Gasteiger partial charge in [-0.1, -0.05) is 0 Å². The number of amides is 1. The van der Waals surface area contributed by atoms with Gasteiger partial charge in [0.2, 0.25) is 0 Å². The largest absolute Gasteiger partial charge is 0.444 e. The zero-order chi connectivity index (χ0) is 14.6. The van der Waals surface area contributed by atoms with Crippen molar-refractivity contribution in [1.82, 2.24) is 16.0 Å². The van der Waals surface area contributed by atoms with Crippen molar-refractivity contribution >= 4 is 6.09 Å². The van der Waals surface area contributed by atoms with Crippen LogP contribution in [0.3, 0.4) is 0 Å². The molecular weight excluding hydrogens is 254 g/mol. The third-order valence-electron chi connectivity index (χ3n) is 4.23. The number of nitrogens with one attached hydrogen (secondary N) is 3. The maximum Gasteiger partial charge on any atom is 0.407 e. The highest BCUT2D eigenvalue weighted by atomic mass is 16.6. The number of rotatable bonds is 2. The summed E-state index contributed by atoms with van der Waals surface area (Å²) in [4.78, 5) is 12.0. The second kappa shape index (κ2) is 6.76. The minimum absolute atomic E-state index is 0.196. The molecule has 0 radical (unpaired) electrons. The van der Waals surface area contributed by atoms with E-state index in [2.05, 4.69) is 16.0 Å². The Morgan fingerprint density at radius 3 is 2.40 bits per heavy atom. The van der Waals surface area contributed by atoms with Crippen molar-refractivity contribution in [3.05, 3.63) is 0 Å². The van der Waals surface area contributed by atoms with Gasteiger partial charge in [0.25, 0.3) is 0 Å². The molecule has 5 heteroatoms. The van der Waals surface area contributed by atoms with E-state index in [1.807, 2.05) is 20.8 Å². The lowest BCUT2D eigenvalue weighted by atomic mass is 9.77. The molecule has 2 heterocycles. The van der Waals surface area contributed by atoms with Gasteiger partial charge in [-0.05, 0) is 71.5 Å². The normalized spacial score (nSPS) is 28.9. The van der Waals surface area contributed by atoms with Gasteiger partial charge < -0.3 is 20.7 Å². The molecule has 20 heavy (non-hydrogen) atoms. The first-order valence-corrected chi connectivity index (χ1v) is 7.86. The summed E-state index contributed by atoms with van der Waals surface area (Å²) in [5.74, 6) is 1.30. The van der Waals surface area contributed by atoms with E-state index >= 15 is 0 Å². The van der Waals surface area contributed by atoms with E-state index in [-0.39, 0.29) is 12.1 Å². The van der Waals surface area contributed by atoms with Crippen molar-refractivity contribution in [2.75, 3.05) is 26.2 Å². The van der Waals surface area contributed by atoms with Gasteiger partial charge in [-0.15, -0.1) is 0 Å². The standard InChI is InChI=1S/C15H29N3O2/c1-15(2,3)20-14(19)18-13-10-17-9-6-12(13)11-4-7-16-8-5-11/h11-13,16-17H,4-10H2,1-3H3,(H,18,19). The molecule has 0 spiro atoms. The first kappa shape index (κ1) is 15.6. The van der Waals surface area contributed by atoms with Crippen LogP contribution in [-0.2, 0) is 4.74 Å². The Bertz CT molecular complexity index is 322. The summed E-state index contributed by atoms with van der Waals surface area (Å²) in [5.41, 5.74) is -0.434. The van der Waals surface area contributed by atoms with E-state index in [4.69, 9.17) is 4.74 Å². The molecule has 2 rings (SSSR count). The Morgan fingerprint density at radius 1 is 1.10 bits per heavy atom. The molecule has 2 aliphatic rings. The van der Waals surface area contributed by atoms with Crippen LogP contribution in [0.15, 0.2) is 0 Å². The minimum atomic E-state index is -0.434. The lowest BCUT2D eigenvalue weighted by Gasteiger charge is -2.39. The molecule has 5 nitrogen and oxygen atoms in total. The van der Waals surface area contributed by atoms with Gasteiger partial charge in [0.15, 0.2) is 0 Å². The summed E-state index contributed by atoms with van der Waals surface area (Å²) >= 11 is 0. The van der Waals surface area contributed by atoms with Crippen molar-refractivity contribution in [3.63, 3.8) is 0 Å². The lowest BCUT2D eigenvalue weighted by molar-refractivity contribution is 0.0447. The fourth-order valence-corrected chi connectivity index (χ4v) is 3.33. The van der Waals surface area contributed by atoms with Crippen molar-refractivity contribution < 1.29 is 9.53 Å². The average Bonchev–Trinajstić information content (AvgIpc) is 2.38. The van der Waals surface area contributed by atoms with Crippen LogP contribution >= 0.6 is 0 Å². The Kier molecular flexibility index (Phi) is 5.27. The van der Waals surface area contributed by atoms with Gasteiger partial charge in [-0.2, -0.15) is 0 Å². The SMILES string of the molecule is CC(C)(C)OC(=O)NC1CNCCC1C1CCNCC1. The summed E-state index contributed by atoms with van der Waals surface area (Å²) < 4.78 is 5.39. The molecule has 0 aliphatic carbocycles. The third kappa shape index (κ3) is 4.63. The topological polar surface area (TPSA) is 62.4 Å². The molecule has 2 unspecified atom stereocenters. The van der Waals surface area contributed by atoms with Crippen molar-refractivity contribution in [3.8, 4) is 0 Å². The molecule has 2 aliphatic heterocycles. The van der Waals surface area contributed by atoms with Crippen LogP contribution in [0.25, 0.3) is 0 Å². The van der Waals surface area contributed by atoms with E-state index in [0.717, 1.165) is 38.5 Å². The molecule has 116 valence electrons. The fraction of sp³-hybridized carbons (Fsp3) is 0.933. The number of ether oxygens (including phenoxy) is 1. The lowest BCUT2D eigenvalue weighted by Crippen LogP contribution is -2.54. The molecule has 0 saturated carbocycles. The van der Waals surface area contributed by atoms with Gasteiger partial charge in [0, 0.05) is 12.6 Å². The van der Waals surface area contributed by atoms with Crippen LogP contribution in [0.1, 0.15) is 40.0 Å². The number of carbonyl (C=O) groups is 1. The van der Waals surface area contributed by atoms with E-state index in [0.29, 0.717) is 5.92 Å². The van der Waals surface area contributed by atoms with Crippen molar-refractivity contribution in [1.29, 1.82) is 0 Å². The smallest absolute Gasteiger partial charge is 0.407 e. The summed E-state index contributed by atoms with van der Waals surface area (Å²) in [7, 11) is 0. The van der Waals surface area contributed by atoms with Crippen LogP contribution in [0.4, 0.5) is 4.79 Å². The van der Waals surface area contributed by atoms with Crippen molar-refractivity contribution in [2.24, 2.45) is 11.8 Å². The number of piperidine rings is 2. The molecule has 0 bridgehead atoms. The minimum Gasteiger partial charge on any atom is -0.444 e. The van der Waals surface area contributed by atoms with Gasteiger partial charge in [-0.25, -0.2) is 4.79 Å². The predicted molar refractivity (Wildman–Crippen MR) is 79.7 cm³/mol. The number of carbonyl (C=O) groups excluding carboxylic acids is 1. The summed E-state index contributed by atoms with van der Waals surface area (Å²) in [6, 6.07) is 0.196. The predicted octanol–water partition coefficient (Wildman–Crippen LogP) is 1.49. The zero-order valence-corrected chi connectivity index (χ0v) is 13.0. The molecule has 2 saturated heterocycles. The molecule has 0 aromatic carbocycles. The second-order valence-corrected chi connectivity index (χ2v) is 7.00. The Morgan fingerprint density at radius 2 is 1.75 bits per heavy atom. The van der Waals surface area contributed by atoms with E-state index < -0.39 is 5.60 Å². The Hall–Kier alpha value is -0.810. The molecule has 3 N–H and O–H groups in total. The van der Waals surface area contributed by atoms with E-state index in [1.54, 1.807) is 0 Å². The second-order valence-electron chi connectivity index (χ2n) is 7.00. The van der Waals surface area contributed by atoms with Gasteiger partial charge in [-0.3, -0.25) is 0 Å². The molecule has 2 fully saturated rings. The summed E-state index contributed by atoms with van der Waals surface area (Å²) in [5, 5.41) is 9.88. The quantitative estimate of drug-likeness (QED) is 0.718. The van der Waals surface area contributed by atoms with Crippen molar-refractivity contribution in [2.45, 2.75) is 51.7 Å². The van der Waals surface area contributed by atoms with Crippen LogP contribution in [0.5, 0.6) is 0 Å². The van der Waals surface area contributed by atoms with E-state index in [9.17, 15) is 4.79 Å². The molecule has 0 aromatic heterocycles. The summed E-state index contributed by atoms with van der Waals surface area (Å²) in [6.07, 6.45) is 3.30. The van der Waals surface area contributed by atoms with Gasteiger partial charge in [0.05, 0.1) is 0 Å². The highest BCUT2D eigenvalue weighted by Gasteiger charge is 2.34. The maximum atomic E-state index is 12.0. The van der Waals surface area contributed by atoms with Gasteiger partial charge >= 0.3 is 6.09 Å². The highest BCUT2D eigenvalue weighted by Crippen LogP contribution is 2.29. The fourth-order valence-electron chi connectivity index (χ4n) is 3.33. The number of hydrogen-bond donors (Lipinski definition) is 3. The van der Waals surface area contributed by atoms with Crippen LogP contribution in [0.2, 0.25) is 0 Å².